The molecule has 2 fully saturated rings. The van der Waals surface area contributed by atoms with Crippen LogP contribution in [-0.2, 0) is 0 Å². The molecule has 0 aromatic heterocycles. The van der Waals surface area contributed by atoms with Gasteiger partial charge in [0.25, 0.3) is 0 Å². The zero-order valence-electron chi connectivity index (χ0n) is 9.04. The lowest BCUT2D eigenvalue weighted by Gasteiger charge is -2.51. The van der Waals surface area contributed by atoms with Crippen molar-refractivity contribution in [3.05, 3.63) is 25.3 Å². The Hall–Kier alpha value is -0.560. The van der Waals surface area contributed by atoms with Gasteiger partial charge in [-0.2, -0.15) is 0 Å². The minimum Gasteiger partial charge on any atom is -0.291 e. The summed E-state index contributed by atoms with van der Waals surface area (Å²) in [5.41, 5.74) is 0.315. The second-order valence-corrected chi connectivity index (χ2v) is 4.79. The minimum atomic E-state index is 0.315. The van der Waals surface area contributed by atoms with Gasteiger partial charge in [-0.3, -0.25) is 4.90 Å². The fourth-order valence-electron chi connectivity index (χ4n) is 3.24. The van der Waals surface area contributed by atoms with Crippen molar-refractivity contribution < 1.29 is 0 Å². The van der Waals surface area contributed by atoms with Crippen LogP contribution in [0.15, 0.2) is 25.3 Å². The summed E-state index contributed by atoms with van der Waals surface area (Å²) >= 11 is 0. The average molecular weight is 191 g/mol. The lowest BCUT2D eigenvalue weighted by molar-refractivity contribution is 0.0287. The normalized spacial score (nSPS) is 37.9. The molecule has 0 spiro atoms. The van der Waals surface area contributed by atoms with Gasteiger partial charge in [-0.15, -0.1) is 13.2 Å². The molecule has 2 atom stereocenters. The van der Waals surface area contributed by atoms with Crippen LogP contribution in [0.1, 0.15) is 32.1 Å². The topological polar surface area (TPSA) is 3.24 Å². The second kappa shape index (κ2) is 3.90. The number of fused-ring (bicyclic) bond motifs is 2. The second-order valence-electron chi connectivity index (χ2n) is 4.79. The molecule has 1 aliphatic carbocycles. The summed E-state index contributed by atoms with van der Waals surface area (Å²) in [6.07, 6.45) is 11.1. The first-order valence-corrected chi connectivity index (χ1v) is 5.80. The van der Waals surface area contributed by atoms with Gasteiger partial charge in [-0.1, -0.05) is 25.0 Å². The van der Waals surface area contributed by atoms with Gasteiger partial charge in [0.05, 0.1) is 0 Å². The van der Waals surface area contributed by atoms with Crippen molar-refractivity contribution in [1.29, 1.82) is 0 Å². The third-order valence-corrected chi connectivity index (χ3v) is 4.03. The highest BCUT2D eigenvalue weighted by atomic mass is 15.2. The zero-order chi connectivity index (χ0) is 10.0. The lowest BCUT2D eigenvalue weighted by Crippen LogP contribution is -2.54. The molecule has 0 N–H and O–H groups in total. The first-order valence-electron chi connectivity index (χ1n) is 5.80. The summed E-state index contributed by atoms with van der Waals surface area (Å²) in [4.78, 5) is 2.57. The molecule has 1 heteroatoms. The number of nitrogens with zero attached hydrogens (tertiary/aromatic N) is 1. The predicted octanol–water partition coefficient (Wildman–Crippen LogP) is 2.99. The van der Waals surface area contributed by atoms with Crippen LogP contribution in [0.4, 0.5) is 0 Å². The van der Waals surface area contributed by atoms with E-state index < -0.39 is 0 Å². The van der Waals surface area contributed by atoms with E-state index in [0.717, 1.165) is 12.5 Å². The third-order valence-electron chi connectivity index (χ3n) is 4.03. The van der Waals surface area contributed by atoms with Gasteiger partial charge < -0.3 is 0 Å². The Labute approximate surface area is 87.5 Å². The summed E-state index contributed by atoms with van der Waals surface area (Å²) in [5.74, 6) is 0.961. The molecule has 0 aromatic rings. The molecule has 1 saturated heterocycles. The molecule has 1 nitrogen and oxygen atoms in total. The molecule has 0 radical (unpaired) electrons. The van der Waals surface area contributed by atoms with E-state index in [1.807, 2.05) is 6.08 Å². The van der Waals surface area contributed by atoms with Gasteiger partial charge in [0, 0.05) is 12.1 Å². The van der Waals surface area contributed by atoms with Crippen LogP contribution in [0.3, 0.4) is 0 Å². The first kappa shape index (κ1) is 9.97. The van der Waals surface area contributed by atoms with E-state index in [1.165, 1.54) is 38.6 Å². The lowest BCUT2D eigenvalue weighted by atomic mass is 9.70. The van der Waals surface area contributed by atoms with E-state index in [9.17, 15) is 0 Å². The molecule has 1 saturated carbocycles. The molecule has 0 amide bonds. The summed E-state index contributed by atoms with van der Waals surface area (Å²) < 4.78 is 0. The molecular formula is C13H21N. The Morgan fingerprint density at radius 3 is 2.93 bits per heavy atom. The number of rotatable bonds is 3. The molecule has 1 heterocycles. The van der Waals surface area contributed by atoms with Crippen LogP contribution in [0.25, 0.3) is 0 Å². The predicted molar refractivity (Wildman–Crippen MR) is 61.3 cm³/mol. The Morgan fingerprint density at radius 1 is 1.36 bits per heavy atom. The van der Waals surface area contributed by atoms with E-state index >= 15 is 0 Å². The highest BCUT2D eigenvalue weighted by molar-refractivity contribution is 5.10. The standard InChI is InChI=1S/C13H21N/c1-3-9-14-10-7-12-6-5-8-13(14,4-2)11-12/h3-4,12H,1-2,5-11H2. The Morgan fingerprint density at radius 2 is 2.21 bits per heavy atom. The van der Waals surface area contributed by atoms with Gasteiger partial charge in [0.15, 0.2) is 0 Å². The quantitative estimate of drug-likeness (QED) is 0.620. The molecular weight excluding hydrogens is 170 g/mol. The highest BCUT2D eigenvalue weighted by Crippen LogP contribution is 2.43. The van der Waals surface area contributed by atoms with Gasteiger partial charge in [0.1, 0.15) is 0 Å². The van der Waals surface area contributed by atoms with Crippen LogP contribution in [0.2, 0.25) is 0 Å². The maximum Gasteiger partial charge on any atom is 0.0394 e. The summed E-state index contributed by atoms with van der Waals surface area (Å²) in [7, 11) is 0. The van der Waals surface area contributed by atoms with Crippen molar-refractivity contribution in [2.24, 2.45) is 5.92 Å². The Balaban J connectivity index is 2.17. The number of likely N-dealkylation sites (tertiary alicyclic amines) is 1. The smallest absolute Gasteiger partial charge is 0.0394 e. The van der Waals surface area contributed by atoms with Crippen molar-refractivity contribution in [3.63, 3.8) is 0 Å². The minimum absolute atomic E-state index is 0.315. The van der Waals surface area contributed by atoms with Crippen molar-refractivity contribution >= 4 is 0 Å². The van der Waals surface area contributed by atoms with Crippen LogP contribution >= 0.6 is 0 Å². The fraction of sp³-hybridized carbons (Fsp3) is 0.692. The van der Waals surface area contributed by atoms with Crippen LogP contribution < -0.4 is 0 Å². The number of piperidine rings is 1. The largest absolute Gasteiger partial charge is 0.291 e. The van der Waals surface area contributed by atoms with Crippen LogP contribution in [-0.4, -0.2) is 23.5 Å². The number of hydrogen-bond acceptors (Lipinski definition) is 1. The van der Waals surface area contributed by atoms with Crippen LogP contribution in [0, 0.1) is 5.92 Å². The fourth-order valence-corrected chi connectivity index (χ4v) is 3.24. The van der Waals surface area contributed by atoms with Crippen LogP contribution in [0.5, 0.6) is 0 Å². The first-order chi connectivity index (χ1) is 6.80. The van der Waals surface area contributed by atoms with Crippen molar-refractivity contribution in [3.8, 4) is 0 Å². The molecule has 0 aromatic carbocycles. The highest BCUT2D eigenvalue weighted by Gasteiger charge is 2.41. The van der Waals surface area contributed by atoms with Gasteiger partial charge in [0.2, 0.25) is 0 Å². The average Bonchev–Trinajstić information content (AvgIpc) is 2.23. The van der Waals surface area contributed by atoms with Crippen molar-refractivity contribution in [2.75, 3.05) is 13.1 Å². The van der Waals surface area contributed by atoms with Gasteiger partial charge in [-0.05, 0) is 31.7 Å². The van der Waals surface area contributed by atoms with E-state index in [0.29, 0.717) is 5.54 Å². The zero-order valence-corrected chi connectivity index (χ0v) is 9.04. The van der Waals surface area contributed by atoms with E-state index in [-0.39, 0.29) is 0 Å². The monoisotopic (exact) mass is 191 g/mol. The molecule has 1 aliphatic heterocycles. The summed E-state index contributed by atoms with van der Waals surface area (Å²) in [6, 6.07) is 0. The maximum atomic E-state index is 4.05. The Kier molecular flexibility index (Phi) is 2.78. The molecule has 2 unspecified atom stereocenters. The third kappa shape index (κ3) is 1.54. The van der Waals surface area contributed by atoms with E-state index in [2.05, 4.69) is 24.1 Å². The molecule has 2 aliphatic rings. The van der Waals surface area contributed by atoms with E-state index in [1.54, 1.807) is 0 Å². The Bertz CT molecular complexity index is 233. The molecule has 2 bridgehead atoms. The number of hydrogen-bond donors (Lipinski definition) is 0. The summed E-state index contributed by atoms with van der Waals surface area (Å²) in [6.45, 7) is 10.2. The molecule has 2 rings (SSSR count). The maximum absolute atomic E-state index is 4.05. The van der Waals surface area contributed by atoms with E-state index in [4.69, 9.17) is 0 Å². The summed E-state index contributed by atoms with van der Waals surface area (Å²) in [5, 5.41) is 0. The van der Waals surface area contributed by atoms with Crippen molar-refractivity contribution in [2.45, 2.75) is 37.6 Å². The molecule has 14 heavy (non-hydrogen) atoms. The SMILES string of the molecule is C=CCN1CCC2CCCC1(C=C)C2. The van der Waals surface area contributed by atoms with Crippen molar-refractivity contribution in [1.82, 2.24) is 4.90 Å². The molecule has 78 valence electrons. The van der Waals surface area contributed by atoms with Gasteiger partial charge in [-0.25, -0.2) is 0 Å². The van der Waals surface area contributed by atoms with Gasteiger partial charge >= 0.3 is 0 Å².